The molecule has 2 fully saturated rings. The fourth-order valence-electron chi connectivity index (χ4n) is 3.16. The van der Waals surface area contributed by atoms with E-state index in [0.29, 0.717) is 0 Å². The lowest BCUT2D eigenvalue weighted by atomic mass is 9.97. The van der Waals surface area contributed by atoms with Crippen LogP contribution in [0.1, 0.15) is 45.4 Å². The van der Waals surface area contributed by atoms with Gasteiger partial charge in [0.15, 0.2) is 0 Å². The van der Waals surface area contributed by atoms with E-state index in [2.05, 4.69) is 22.5 Å². The zero-order valence-corrected chi connectivity index (χ0v) is 12.1. The molecule has 0 bridgehead atoms. The molecule has 0 aromatic rings. The molecular weight excluding hydrogens is 222 g/mol. The van der Waals surface area contributed by atoms with Crippen molar-refractivity contribution >= 4 is 0 Å². The fraction of sp³-hybridized carbons (Fsp3) is 1.00. The summed E-state index contributed by atoms with van der Waals surface area (Å²) in [7, 11) is 0. The minimum atomic E-state index is 0.790. The summed E-state index contributed by atoms with van der Waals surface area (Å²) in [6.07, 6.45) is 8.13. The van der Waals surface area contributed by atoms with Crippen LogP contribution in [0, 0.1) is 5.92 Å². The monoisotopic (exact) mass is 253 g/mol. The minimum absolute atomic E-state index is 0.790. The molecular formula is C15H31N3. The molecule has 3 heteroatoms. The van der Waals surface area contributed by atoms with Crippen molar-refractivity contribution in [3.05, 3.63) is 0 Å². The molecule has 2 rings (SSSR count). The zero-order chi connectivity index (χ0) is 12.6. The van der Waals surface area contributed by atoms with E-state index < -0.39 is 0 Å². The number of rotatable bonds is 6. The Labute approximate surface area is 113 Å². The van der Waals surface area contributed by atoms with Gasteiger partial charge in [-0.3, -0.25) is 0 Å². The molecule has 0 aliphatic carbocycles. The van der Waals surface area contributed by atoms with E-state index >= 15 is 0 Å². The smallest absolute Gasteiger partial charge is 0.00915 e. The molecule has 18 heavy (non-hydrogen) atoms. The van der Waals surface area contributed by atoms with Crippen LogP contribution in [0.3, 0.4) is 0 Å². The molecule has 106 valence electrons. The van der Waals surface area contributed by atoms with Gasteiger partial charge in [-0.05, 0) is 77.3 Å². The Kier molecular flexibility index (Phi) is 6.46. The molecule has 2 N–H and O–H groups in total. The van der Waals surface area contributed by atoms with Crippen LogP contribution in [0.2, 0.25) is 0 Å². The van der Waals surface area contributed by atoms with E-state index in [1.165, 1.54) is 77.8 Å². The van der Waals surface area contributed by atoms with Crippen molar-refractivity contribution in [3.63, 3.8) is 0 Å². The van der Waals surface area contributed by atoms with Crippen molar-refractivity contribution in [1.29, 1.82) is 0 Å². The Hall–Kier alpha value is -0.120. The summed E-state index contributed by atoms with van der Waals surface area (Å²) in [5.74, 6) is 0.921. The summed E-state index contributed by atoms with van der Waals surface area (Å²) < 4.78 is 0. The van der Waals surface area contributed by atoms with Gasteiger partial charge in [0.25, 0.3) is 0 Å². The Morgan fingerprint density at radius 2 is 1.83 bits per heavy atom. The van der Waals surface area contributed by atoms with Crippen LogP contribution in [0.5, 0.6) is 0 Å². The minimum Gasteiger partial charge on any atom is -0.317 e. The van der Waals surface area contributed by atoms with Crippen LogP contribution in [0.15, 0.2) is 0 Å². The lowest BCUT2D eigenvalue weighted by molar-refractivity contribution is 0.190. The Morgan fingerprint density at radius 3 is 2.50 bits per heavy atom. The zero-order valence-electron chi connectivity index (χ0n) is 12.1. The Balaban J connectivity index is 1.55. The third-order valence-corrected chi connectivity index (χ3v) is 4.57. The number of likely N-dealkylation sites (tertiary alicyclic amines) is 1. The highest BCUT2D eigenvalue weighted by Gasteiger charge is 2.20. The Morgan fingerprint density at radius 1 is 1.11 bits per heavy atom. The van der Waals surface area contributed by atoms with Gasteiger partial charge in [-0.2, -0.15) is 0 Å². The summed E-state index contributed by atoms with van der Waals surface area (Å²) in [4.78, 5) is 2.65. The number of hydrogen-bond acceptors (Lipinski definition) is 3. The van der Waals surface area contributed by atoms with E-state index in [0.717, 1.165) is 12.0 Å². The highest BCUT2D eigenvalue weighted by Crippen LogP contribution is 2.14. The molecule has 0 saturated carbocycles. The molecule has 0 aromatic carbocycles. The first-order valence-electron chi connectivity index (χ1n) is 8.05. The second-order valence-electron chi connectivity index (χ2n) is 6.07. The molecule has 0 unspecified atom stereocenters. The van der Waals surface area contributed by atoms with Crippen LogP contribution < -0.4 is 10.6 Å². The normalized spacial score (nSPS) is 24.5. The number of nitrogens with zero attached hydrogens (tertiary/aromatic N) is 1. The average Bonchev–Trinajstić information content (AvgIpc) is 2.45. The molecule has 0 spiro atoms. The number of unbranched alkanes of at least 4 members (excludes halogenated alkanes) is 1. The number of piperidine rings is 2. The van der Waals surface area contributed by atoms with Crippen LogP contribution in [0.4, 0.5) is 0 Å². The third kappa shape index (κ3) is 4.87. The molecule has 2 saturated heterocycles. The summed E-state index contributed by atoms with van der Waals surface area (Å²) in [6.45, 7) is 9.92. The van der Waals surface area contributed by atoms with Crippen LogP contribution in [-0.4, -0.2) is 50.2 Å². The van der Waals surface area contributed by atoms with Crippen molar-refractivity contribution in [2.75, 3.05) is 39.3 Å². The van der Waals surface area contributed by atoms with Gasteiger partial charge in [0.05, 0.1) is 0 Å². The van der Waals surface area contributed by atoms with E-state index in [-0.39, 0.29) is 0 Å². The third-order valence-electron chi connectivity index (χ3n) is 4.57. The molecule has 2 aliphatic heterocycles. The van der Waals surface area contributed by atoms with E-state index in [4.69, 9.17) is 0 Å². The molecule has 0 amide bonds. The first-order valence-corrected chi connectivity index (χ1v) is 8.05. The molecule has 0 aromatic heterocycles. The van der Waals surface area contributed by atoms with Crippen LogP contribution in [-0.2, 0) is 0 Å². The summed E-state index contributed by atoms with van der Waals surface area (Å²) in [5.41, 5.74) is 0. The van der Waals surface area contributed by atoms with Crippen molar-refractivity contribution < 1.29 is 0 Å². The molecule has 0 atom stereocenters. The fourth-order valence-corrected chi connectivity index (χ4v) is 3.16. The second kappa shape index (κ2) is 8.13. The number of hydrogen-bond donors (Lipinski definition) is 2. The SMILES string of the molecule is CCCCN1CCC(NCC2CCNCC2)CC1. The molecule has 3 nitrogen and oxygen atoms in total. The van der Waals surface area contributed by atoms with Crippen molar-refractivity contribution in [1.82, 2.24) is 15.5 Å². The molecule has 0 radical (unpaired) electrons. The van der Waals surface area contributed by atoms with Gasteiger partial charge < -0.3 is 15.5 Å². The highest BCUT2D eigenvalue weighted by atomic mass is 15.1. The Bertz CT molecular complexity index is 206. The second-order valence-corrected chi connectivity index (χ2v) is 6.07. The number of nitrogens with one attached hydrogen (secondary N) is 2. The van der Waals surface area contributed by atoms with Crippen LogP contribution >= 0.6 is 0 Å². The quantitative estimate of drug-likeness (QED) is 0.756. The van der Waals surface area contributed by atoms with Gasteiger partial charge in [0.2, 0.25) is 0 Å². The van der Waals surface area contributed by atoms with Gasteiger partial charge in [-0.15, -0.1) is 0 Å². The van der Waals surface area contributed by atoms with E-state index in [1.807, 2.05) is 0 Å². The average molecular weight is 253 g/mol. The lowest BCUT2D eigenvalue weighted by Crippen LogP contribution is -2.45. The lowest BCUT2D eigenvalue weighted by Gasteiger charge is -2.33. The summed E-state index contributed by atoms with van der Waals surface area (Å²) in [5, 5.41) is 7.26. The van der Waals surface area contributed by atoms with Gasteiger partial charge >= 0.3 is 0 Å². The van der Waals surface area contributed by atoms with Gasteiger partial charge in [0, 0.05) is 6.04 Å². The van der Waals surface area contributed by atoms with Gasteiger partial charge in [-0.25, -0.2) is 0 Å². The topological polar surface area (TPSA) is 27.3 Å². The first kappa shape index (κ1) is 14.3. The summed E-state index contributed by atoms with van der Waals surface area (Å²) >= 11 is 0. The molecule has 2 heterocycles. The van der Waals surface area contributed by atoms with Gasteiger partial charge in [0.1, 0.15) is 0 Å². The predicted molar refractivity (Wildman–Crippen MR) is 78.0 cm³/mol. The van der Waals surface area contributed by atoms with Crippen molar-refractivity contribution in [3.8, 4) is 0 Å². The van der Waals surface area contributed by atoms with Crippen molar-refractivity contribution in [2.45, 2.75) is 51.5 Å². The van der Waals surface area contributed by atoms with Gasteiger partial charge in [-0.1, -0.05) is 13.3 Å². The van der Waals surface area contributed by atoms with Crippen molar-refractivity contribution in [2.24, 2.45) is 5.92 Å². The predicted octanol–water partition coefficient (Wildman–Crippen LogP) is 1.84. The highest BCUT2D eigenvalue weighted by molar-refractivity contribution is 4.79. The molecule has 2 aliphatic rings. The summed E-state index contributed by atoms with van der Waals surface area (Å²) in [6, 6.07) is 0.790. The standard InChI is InChI=1S/C15H31N3/c1-2-3-10-18-11-6-15(7-12-18)17-13-14-4-8-16-9-5-14/h14-17H,2-13H2,1H3. The van der Waals surface area contributed by atoms with E-state index in [1.54, 1.807) is 0 Å². The largest absolute Gasteiger partial charge is 0.317 e. The maximum atomic E-state index is 3.81. The van der Waals surface area contributed by atoms with E-state index in [9.17, 15) is 0 Å². The maximum absolute atomic E-state index is 3.81. The maximum Gasteiger partial charge on any atom is 0.00915 e. The van der Waals surface area contributed by atoms with Crippen LogP contribution in [0.25, 0.3) is 0 Å². The first-order chi connectivity index (χ1) is 8.88.